The normalized spacial score (nSPS) is 17.3. The van der Waals surface area contributed by atoms with Gasteiger partial charge in [0.25, 0.3) is 0 Å². The molecule has 0 bridgehead atoms. The maximum atomic E-state index is 14.2. The summed E-state index contributed by atoms with van der Waals surface area (Å²) in [4.78, 5) is 32.0. The van der Waals surface area contributed by atoms with Gasteiger partial charge in [0.15, 0.2) is 5.67 Å². The van der Waals surface area contributed by atoms with Crippen molar-refractivity contribution in [3.8, 4) is 45.4 Å². The van der Waals surface area contributed by atoms with E-state index in [1.165, 1.54) is 7.11 Å². The van der Waals surface area contributed by atoms with Crippen LogP contribution in [-0.4, -0.2) is 81.5 Å². The fourth-order valence-electron chi connectivity index (χ4n) is 6.12. The quantitative estimate of drug-likeness (QED) is 0.194. The number of hydrogen-bond acceptors (Lipinski definition) is 9. The molecular formula is C34H35Cl2FN6O4. The number of carbonyl (C=O) groups excluding carboxylic acids is 1. The van der Waals surface area contributed by atoms with Gasteiger partial charge in [0, 0.05) is 54.4 Å². The molecule has 10 nitrogen and oxygen atoms in total. The standard InChI is InChI=1S/C34H35Cl2FN6O4/c1-46-32-25(11-3-6-20-12-13-29(45)40-20)38-14-26(41-32)23-9-4-7-21(30(23)35)22-8-5-10-24(31(22)36)27-15-39-28(33(42-27)47-2)16-43-17-34(37,18-43)19-44/h4-5,7-10,14-15,20,44H,3,6,11-13,16-19H2,1-2H3,(H,40,45)/t20-/m1/s1. The molecule has 2 N–H and O–H groups in total. The molecule has 0 radical (unpaired) electrons. The highest BCUT2D eigenvalue weighted by molar-refractivity contribution is 6.39. The number of methoxy groups -OCH3 is 2. The molecule has 6 rings (SSSR count). The molecule has 0 unspecified atom stereocenters. The lowest BCUT2D eigenvalue weighted by Gasteiger charge is -2.43. The molecule has 0 saturated carbocycles. The first-order valence-electron chi connectivity index (χ1n) is 15.4. The van der Waals surface area contributed by atoms with Gasteiger partial charge in [0.05, 0.1) is 54.7 Å². The van der Waals surface area contributed by atoms with Crippen LogP contribution in [0.5, 0.6) is 11.8 Å². The van der Waals surface area contributed by atoms with Gasteiger partial charge in [-0.2, -0.15) is 0 Å². The number of ether oxygens (including phenoxy) is 2. The van der Waals surface area contributed by atoms with Gasteiger partial charge in [-0.1, -0.05) is 59.6 Å². The van der Waals surface area contributed by atoms with Crippen molar-refractivity contribution in [1.29, 1.82) is 0 Å². The van der Waals surface area contributed by atoms with Crippen LogP contribution in [-0.2, 0) is 17.8 Å². The first-order valence-corrected chi connectivity index (χ1v) is 16.2. The number of nitrogens with zero attached hydrogens (tertiary/aromatic N) is 5. The first kappa shape index (κ1) is 33.0. The maximum absolute atomic E-state index is 14.2. The van der Waals surface area contributed by atoms with Crippen molar-refractivity contribution in [2.24, 2.45) is 0 Å². The smallest absolute Gasteiger partial charge is 0.237 e. The molecule has 1 amide bonds. The summed E-state index contributed by atoms with van der Waals surface area (Å²) < 4.78 is 25.3. The number of alkyl halides is 1. The number of nitrogens with one attached hydrogen (secondary N) is 1. The zero-order valence-electron chi connectivity index (χ0n) is 26.1. The molecule has 2 aliphatic heterocycles. The van der Waals surface area contributed by atoms with Gasteiger partial charge in [-0.15, -0.1) is 0 Å². The van der Waals surface area contributed by atoms with Gasteiger partial charge in [-0.25, -0.2) is 14.4 Å². The number of aliphatic hydroxyl groups excluding tert-OH is 1. The number of aryl methyl sites for hydroxylation is 1. The van der Waals surface area contributed by atoms with Gasteiger partial charge in [-0.3, -0.25) is 19.7 Å². The van der Waals surface area contributed by atoms with Gasteiger partial charge in [-0.05, 0) is 25.7 Å². The summed E-state index contributed by atoms with van der Waals surface area (Å²) in [6.45, 7) is 0.0708. The predicted molar refractivity (Wildman–Crippen MR) is 177 cm³/mol. The molecule has 2 aliphatic rings. The van der Waals surface area contributed by atoms with Crippen LogP contribution in [0.15, 0.2) is 48.8 Å². The molecule has 4 heterocycles. The molecule has 13 heteroatoms. The second-order valence-corrected chi connectivity index (χ2v) is 12.7. The average molecular weight is 682 g/mol. The Bertz CT molecular complexity index is 1790. The van der Waals surface area contributed by atoms with Crippen LogP contribution in [0.2, 0.25) is 10.0 Å². The molecule has 2 fully saturated rings. The fraction of sp³-hybridized carbons (Fsp3) is 0.382. The van der Waals surface area contributed by atoms with E-state index in [1.54, 1.807) is 19.5 Å². The minimum atomic E-state index is -1.58. The van der Waals surface area contributed by atoms with Gasteiger partial charge < -0.3 is 19.9 Å². The largest absolute Gasteiger partial charge is 0.480 e. The van der Waals surface area contributed by atoms with E-state index in [1.807, 2.05) is 41.3 Å². The zero-order valence-corrected chi connectivity index (χ0v) is 27.6. The Kier molecular flexibility index (Phi) is 9.88. The minimum Gasteiger partial charge on any atom is -0.480 e. The number of benzene rings is 2. The van der Waals surface area contributed by atoms with E-state index >= 15 is 0 Å². The highest BCUT2D eigenvalue weighted by Crippen LogP contribution is 2.42. The lowest BCUT2D eigenvalue weighted by molar-refractivity contribution is -0.119. The van der Waals surface area contributed by atoms with Gasteiger partial charge in [0.2, 0.25) is 17.7 Å². The van der Waals surface area contributed by atoms with E-state index in [9.17, 15) is 14.3 Å². The molecule has 246 valence electrons. The Labute approximate surface area is 282 Å². The fourth-order valence-corrected chi connectivity index (χ4v) is 6.77. The van der Waals surface area contributed by atoms with Crippen LogP contribution in [0, 0.1) is 0 Å². The predicted octanol–water partition coefficient (Wildman–Crippen LogP) is 5.71. The molecule has 1 atom stereocenters. The summed E-state index contributed by atoms with van der Waals surface area (Å²) in [6, 6.07) is 11.4. The highest BCUT2D eigenvalue weighted by atomic mass is 35.5. The number of hydrogen-bond donors (Lipinski definition) is 2. The molecule has 47 heavy (non-hydrogen) atoms. The Morgan fingerprint density at radius 2 is 1.49 bits per heavy atom. The molecule has 2 aromatic carbocycles. The van der Waals surface area contributed by atoms with Crippen molar-refractivity contribution in [2.45, 2.75) is 50.4 Å². The van der Waals surface area contributed by atoms with Crippen LogP contribution in [0.1, 0.15) is 37.1 Å². The van der Waals surface area contributed by atoms with Crippen molar-refractivity contribution in [3.63, 3.8) is 0 Å². The van der Waals surface area contributed by atoms with E-state index in [-0.39, 0.29) is 25.0 Å². The Morgan fingerprint density at radius 1 is 0.936 bits per heavy atom. The number of carbonyl (C=O) groups is 1. The zero-order chi connectivity index (χ0) is 33.1. The Morgan fingerprint density at radius 3 is 2.02 bits per heavy atom. The third kappa shape index (κ3) is 7.03. The second-order valence-electron chi connectivity index (χ2n) is 11.9. The first-order chi connectivity index (χ1) is 22.7. The number of aromatic nitrogens is 4. The van der Waals surface area contributed by atoms with E-state index in [2.05, 4.69) is 20.3 Å². The van der Waals surface area contributed by atoms with E-state index in [0.717, 1.165) is 25.0 Å². The molecule has 0 aliphatic carbocycles. The van der Waals surface area contributed by atoms with Crippen molar-refractivity contribution < 1.29 is 23.8 Å². The van der Waals surface area contributed by atoms with Gasteiger partial charge in [0.1, 0.15) is 11.4 Å². The molecule has 2 saturated heterocycles. The number of aliphatic hydroxyl groups is 1. The third-order valence-electron chi connectivity index (χ3n) is 8.57. The lowest BCUT2D eigenvalue weighted by atomic mass is 9.97. The summed E-state index contributed by atoms with van der Waals surface area (Å²) in [5, 5.41) is 13.1. The van der Waals surface area contributed by atoms with E-state index in [4.69, 9.17) is 37.7 Å². The summed E-state index contributed by atoms with van der Waals surface area (Å²) in [5.41, 5.74) is 3.50. The van der Waals surface area contributed by atoms with Crippen molar-refractivity contribution in [1.82, 2.24) is 30.2 Å². The summed E-state index contributed by atoms with van der Waals surface area (Å²) in [7, 11) is 3.07. The molecule has 2 aromatic heterocycles. The van der Waals surface area contributed by atoms with Crippen molar-refractivity contribution in [3.05, 3.63) is 70.2 Å². The summed E-state index contributed by atoms with van der Waals surface area (Å²) >= 11 is 14.0. The van der Waals surface area contributed by atoms with Gasteiger partial charge >= 0.3 is 0 Å². The van der Waals surface area contributed by atoms with Crippen molar-refractivity contribution in [2.75, 3.05) is 33.9 Å². The number of amides is 1. The summed E-state index contributed by atoms with van der Waals surface area (Å²) in [5.74, 6) is 0.856. The lowest BCUT2D eigenvalue weighted by Crippen LogP contribution is -2.60. The van der Waals surface area contributed by atoms with Crippen LogP contribution < -0.4 is 14.8 Å². The van der Waals surface area contributed by atoms with E-state index < -0.39 is 12.3 Å². The monoisotopic (exact) mass is 680 g/mol. The topological polar surface area (TPSA) is 123 Å². The molecule has 4 aromatic rings. The van der Waals surface area contributed by atoms with Crippen LogP contribution in [0.4, 0.5) is 4.39 Å². The minimum absolute atomic E-state index is 0.113. The summed E-state index contributed by atoms with van der Waals surface area (Å²) in [6.07, 6.45) is 7.16. The number of rotatable bonds is 12. The van der Waals surface area contributed by atoms with Crippen LogP contribution in [0.25, 0.3) is 33.6 Å². The van der Waals surface area contributed by atoms with Crippen LogP contribution in [0.3, 0.4) is 0 Å². The molecule has 0 spiro atoms. The second kappa shape index (κ2) is 14.1. The van der Waals surface area contributed by atoms with Crippen molar-refractivity contribution >= 4 is 29.1 Å². The van der Waals surface area contributed by atoms with Crippen LogP contribution >= 0.6 is 23.2 Å². The Hall–Kier alpha value is -3.90. The maximum Gasteiger partial charge on any atom is 0.237 e. The third-order valence-corrected chi connectivity index (χ3v) is 9.39. The number of likely N-dealkylation sites (tertiary alicyclic amines) is 1. The highest BCUT2D eigenvalue weighted by Gasteiger charge is 2.43. The number of halogens is 3. The average Bonchev–Trinajstić information content (AvgIpc) is 3.49. The molecular weight excluding hydrogens is 646 g/mol. The SMILES string of the molecule is COc1nc(-c2cccc(-c3cccc(-c4cnc(CN5CC(F)(CO)C5)c(OC)n4)c3Cl)c2Cl)cnc1CCC[C@@H]1CCC(=O)N1. The Balaban J connectivity index is 1.23. The van der Waals surface area contributed by atoms with E-state index in [0.29, 0.717) is 80.5 Å².